The van der Waals surface area contributed by atoms with Crippen LogP contribution >= 0.6 is 0 Å². The molecule has 0 aromatic heterocycles. The van der Waals surface area contributed by atoms with Crippen LogP contribution in [0.15, 0.2) is 0 Å². The Bertz CT molecular complexity index is 331. The fourth-order valence-corrected chi connectivity index (χ4v) is 2.81. The lowest BCUT2D eigenvalue weighted by molar-refractivity contribution is 0.0390. The summed E-state index contributed by atoms with van der Waals surface area (Å²) in [6.07, 6.45) is 0.803. The molecular weight excluding hydrogens is 268 g/mol. The highest BCUT2D eigenvalue weighted by Crippen LogP contribution is 1.97. The van der Waals surface area contributed by atoms with Crippen molar-refractivity contribution in [1.29, 1.82) is 0 Å². The maximum atomic E-state index is 11.9. The summed E-state index contributed by atoms with van der Waals surface area (Å²) >= 11 is 0. The van der Waals surface area contributed by atoms with Crippen LogP contribution in [-0.4, -0.2) is 84.2 Å². The minimum absolute atomic E-state index is 0.443. The highest BCUT2D eigenvalue weighted by atomic mass is 32.2. The second-order valence-electron chi connectivity index (χ2n) is 4.63. The number of hydrogen-bond acceptors (Lipinski definition) is 5. The van der Waals surface area contributed by atoms with E-state index >= 15 is 0 Å². The molecule has 1 aliphatic heterocycles. The highest BCUT2D eigenvalue weighted by Gasteiger charge is 2.17. The SMILES string of the molecule is CNCCCN(C)S(=O)(=O)NCCN1CCOCC1. The maximum absolute atomic E-state index is 11.9. The maximum Gasteiger partial charge on any atom is 0.279 e. The van der Waals surface area contributed by atoms with Gasteiger partial charge in [-0.05, 0) is 20.0 Å². The Hall–Kier alpha value is -0.250. The largest absolute Gasteiger partial charge is 0.379 e. The van der Waals surface area contributed by atoms with E-state index in [-0.39, 0.29) is 0 Å². The van der Waals surface area contributed by atoms with Gasteiger partial charge in [0.2, 0.25) is 0 Å². The van der Waals surface area contributed by atoms with Crippen LogP contribution in [0.1, 0.15) is 6.42 Å². The molecule has 0 saturated carbocycles. The van der Waals surface area contributed by atoms with Crippen molar-refractivity contribution in [2.45, 2.75) is 6.42 Å². The number of rotatable bonds is 9. The van der Waals surface area contributed by atoms with E-state index in [2.05, 4.69) is 14.9 Å². The number of hydrogen-bond donors (Lipinski definition) is 2. The Morgan fingerprint density at radius 2 is 1.95 bits per heavy atom. The fourth-order valence-electron chi connectivity index (χ4n) is 1.87. The Kier molecular flexibility index (Phi) is 7.81. The van der Waals surface area contributed by atoms with Gasteiger partial charge < -0.3 is 10.1 Å². The third kappa shape index (κ3) is 6.64. The molecule has 1 saturated heterocycles. The smallest absolute Gasteiger partial charge is 0.279 e. The molecule has 19 heavy (non-hydrogen) atoms. The third-order valence-electron chi connectivity index (χ3n) is 3.13. The van der Waals surface area contributed by atoms with Crippen molar-refractivity contribution in [1.82, 2.24) is 19.2 Å². The summed E-state index contributed by atoms with van der Waals surface area (Å²) in [5.41, 5.74) is 0. The number of nitrogens with one attached hydrogen (secondary N) is 2. The molecule has 114 valence electrons. The summed E-state index contributed by atoms with van der Waals surface area (Å²) in [6, 6.07) is 0. The Balaban J connectivity index is 2.21. The van der Waals surface area contributed by atoms with Gasteiger partial charge in [0.05, 0.1) is 13.2 Å². The second kappa shape index (κ2) is 8.83. The molecule has 1 fully saturated rings. The molecule has 0 unspecified atom stereocenters. The van der Waals surface area contributed by atoms with Gasteiger partial charge in [0.15, 0.2) is 0 Å². The van der Waals surface area contributed by atoms with Crippen molar-refractivity contribution in [3.05, 3.63) is 0 Å². The summed E-state index contributed by atoms with van der Waals surface area (Å²) in [4.78, 5) is 2.20. The van der Waals surface area contributed by atoms with Crippen molar-refractivity contribution >= 4 is 10.2 Å². The van der Waals surface area contributed by atoms with E-state index in [1.807, 2.05) is 7.05 Å². The van der Waals surface area contributed by atoms with Gasteiger partial charge >= 0.3 is 0 Å². The third-order valence-corrected chi connectivity index (χ3v) is 4.70. The molecule has 0 aromatic rings. The van der Waals surface area contributed by atoms with E-state index in [0.717, 1.165) is 45.8 Å². The molecule has 0 bridgehead atoms. The highest BCUT2D eigenvalue weighted by molar-refractivity contribution is 7.87. The minimum Gasteiger partial charge on any atom is -0.379 e. The summed E-state index contributed by atoms with van der Waals surface area (Å²) in [7, 11) is 0.116. The van der Waals surface area contributed by atoms with Crippen molar-refractivity contribution in [3.8, 4) is 0 Å². The first kappa shape index (κ1) is 16.8. The average Bonchev–Trinajstić information content (AvgIpc) is 2.40. The zero-order valence-corrected chi connectivity index (χ0v) is 12.7. The van der Waals surface area contributed by atoms with E-state index in [1.165, 1.54) is 4.31 Å². The standard InChI is InChI=1S/C11H26N4O3S/c1-12-4-3-6-14(2)19(16,17)13-5-7-15-8-10-18-11-9-15/h12-13H,3-11H2,1-2H3. The first-order chi connectivity index (χ1) is 9.06. The fraction of sp³-hybridized carbons (Fsp3) is 1.00. The number of nitrogens with zero attached hydrogens (tertiary/aromatic N) is 2. The quantitative estimate of drug-likeness (QED) is 0.517. The summed E-state index contributed by atoms with van der Waals surface area (Å²) in [5.74, 6) is 0. The molecule has 0 atom stereocenters. The van der Waals surface area contributed by atoms with E-state index < -0.39 is 10.2 Å². The minimum atomic E-state index is -3.34. The Labute approximate surface area is 116 Å². The van der Waals surface area contributed by atoms with Crippen molar-refractivity contribution in [2.24, 2.45) is 0 Å². The topological polar surface area (TPSA) is 73.9 Å². The van der Waals surface area contributed by atoms with Crippen LogP contribution in [0.25, 0.3) is 0 Å². The van der Waals surface area contributed by atoms with Crippen molar-refractivity contribution in [3.63, 3.8) is 0 Å². The van der Waals surface area contributed by atoms with Gasteiger partial charge in [-0.15, -0.1) is 0 Å². The Morgan fingerprint density at radius 1 is 1.26 bits per heavy atom. The van der Waals surface area contributed by atoms with Gasteiger partial charge in [0.1, 0.15) is 0 Å². The molecular formula is C11H26N4O3S. The van der Waals surface area contributed by atoms with Crippen LogP contribution in [0.5, 0.6) is 0 Å². The van der Waals surface area contributed by atoms with Crippen LogP contribution in [0, 0.1) is 0 Å². The lowest BCUT2D eigenvalue weighted by Gasteiger charge is -2.27. The Morgan fingerprint density at radius 3 is 2.58 bits per heavy atom. The monoisotopic (exact) mass is 294 g/mol. The zero-order valence-electron chi connectivity index (χ0n) is 11.9. The van der Waals surface area contributed by atoms with E-state index in [0.29, 0.717) is 13.1 Å². The first-order valence-corrected chi connectivity index (χ1v) is 8.16. The van der Waals surface area contributed by atoms with Crippen LogP contribution in [0.4, 0.5) is 0 Å². The van der Waals surface area contributed by atoms with Crippen LogP contribution < -0.4 is 10.0 Å². The molecule has 1 rings (SSSR count). The molecule has 0 aliphatic carbocycles. The predicted molar refractivity (Wildman–Crippen MR) is 75.4 cm³/mol. The van der Waals surface area contributed by atoms with E-state index in [1.54, 1.807) is 7.05 Å². The molecule has 2 N–H and O–H groups in total. The molecule has 0 amide bonds. The number of morpholine rings is 1. The van der Waals surface area contributed by atoms with Crippen molar-refractivity contribution in [2.75, 3.05) is 66.6 Å². The van der Waals surface area contributed by atoms with E-state index in [4.69, 9.17) is 4.74 Å². The summed E-state index contributed by atoms with van der Waals surface area (Å²) in [6.45, 7) is 5.72. The molecule has 0 spiro atoms. The van der Waals surface area contributed by atoms with Crippen LogP contribution in [0.3, 0.4) is 0 Å². The molecule has 0 aromatic carbocycles. The molecule has 8 heteroatoms. The van der Waals surface area contributed by atoms with Gasteiger partial charge in [0, 0.05) is 39.8 Å². The van der Waals surface area contributed by atoms with Gasteiger partial charge in [-0.1, -0.05) is 0 Å². The summed E-state index contributed by atoms with van der Waals surface area (Å²) < 4.78 is 33.1. The zero-order chi connectivity index (χ0) is 14.1. The molecule has 7 nitrogen and oxygen atoms in total. The predicted octanol–water partition coefficient (Wildman–Crippen LogP) is -1.31. The van der Waals surface area contributed by atoms with E-state index in [9.17, 15) is 8.42 Å². The van der Waals surface area contributed by atoms with Crippen molar-refractivity contribution < 1.29 is 13.2 Å². The average molecular weight is 294 g/mol. The molecule has 1 aliphatic rings. The molecule has 1 heterocycles. The van der Waals surface area contributed by atoms with Gasteiger partial charge in [0.25, 0.3) is 10.2 Å². The lowest BCUT2D eigenvalue weighted by atomic mass is 10.4. The van der Waals surface area contributed by atoms with Crippen LogP contribution in [-0.2, 0) is 14.9 Å². The van der Waals surface area contributed by atoms with Gasteiger partial charge in [-0.2, -0.15) is 12.7 Å². The number of ether oxygens (including phenoxy) is 1. The molecule has 0 radical (unpaired) electrons. The van der Waals surface area contributed by atoms with Crippen LogP contribution in [0.2, 0.25) is 0 Å². The first-order valence-electron chi connectivity index (χ1n) is 6.72. The lowest BCUT2D eigenvalue weighted by Crippen LogP contribution is -2.44. The van der Waals surface area contributed by atoms with Gasteiger partial charge in [-0.25, -0.2) is 4.72 Å². The second-order valence-corrected chi connectivity index (χ2v) is 6.49. The normalized spacial score (nSPS) is 18.1. The summed E-state index contributed by atoms with van der Waals surface area (Å²) in [5, 5.41) is 3.00. The van der Waals surface area contributed by atoms with Gasteiger partial charge in [-0.3, -0.25) is 4.90 Å².